The molecule has 0 aliphatic carbocycles. The average molecular weight is 346 g/mol. The van der Waals surface area contributed by atoms with Crippen LogP contribution in [0.25, 0.3) is 11.1 Å². The molecule has 0 amide bonds. The number of benzene rings is 2. The fourth-order valence-corrected chi connectivity index (χ4v) is 3.58. The van der Waals surface area contributed by atoms with Gasteiger partial charge in [0, 0.05) is 12.5 Å². The molecule has 3 heterocycles. The fourth-order valence-electron chi connectivity index (χ4n) is 3.58. The van der Waals surface area contributed by atoms with Crippen LogP contribution in [-0.4, -0.2) is 28.6 Å². The fraction of sp³-hybridized carbons (Fsp3) is 0.200. The number of hydrogen-bond acceptors (Lipinski definition) is 5. The number of ether oxygens (including phenoxy) is 1. The Hall–Kier alpha value is -3.28. The van der Waals surface area contributed by atoms with Crippen LogP contribution in [0.5, 0.6) is 5.75 Å². The van der Waals surface area contributed by atoms with Gasteiger partial charge in [-0.3, -0.25) is 0 Å². The van der Waals surface area contributed by atoms with Gasteiger partial charge in [0.15, 0.2) is 5.58 Å². The summed E-state index contributed by atoms with van der Waals surface area (Å²) in [6, 6.07) is 16.6. The van der Waals surface area contributed by atoms with E-state index >= 15 is 0 Å². The van der Waals surface area contributed by atoms with Crippen molar-refractivity contribution in [1.82, 2.24) is 15.0 Å². The van der Waals surface area contributed by atoms with E-state index in [1.165, 1.54) is 5.56 Å². The number of aromatic amines is 1. The number of rotatable bonds is 3. The molecule has 1 unspecified atom stereocenters. The van der Waals surface area contributed by atoms with Gasteiger partial charge in [0.05, 0.1) is 31.4 Å². The summed E-state index contributed by atoms with van der Waals surface area (Å²) in [5.41, 5.74) is 5.00. The molecule has 6 nitrogen and oxygen atoms in total. The number of para-hydroxylation sites is 2. The molecular formula is C20H18N4O2. The highest BCUT2D eigenvalue weighted by atomic mass is 16.5. The Bertz CT molecular complexity index is 1040. The Balaban J connectivity index is 1.56. The van der Waals surface area contributed by atoms with Crippen molar-refractivity contribution in [2.45, 2.75) is 12.5 Å². The molecule has 1 aliphatic heterocycles. The Labute approximate surface area is 150 Å². The molecule has 1 atom stereocenters. The van der Waals surface area contributed by atoms with Gasteiger partial charge in [0.25, 0.3) is 6.01 Å². The van der Waals surface area contributed by atoms with Crippen LogP contribution < -0.4 is 9.64 Å². The molecule has 6 heteroatoms. The van der Waals surface area contributed by atoms with Crippen LogP contribution in [0.2, 0.25) is 0 Å². The van der Waals surface area contributed by atoms with Gasteiger partial charge in [0.1, 0.15) is 11.3 Å². The van der Waals surface area contributed by atoms with Crippen LogP contribution in [0.15, 0.2) is 59.3 Å². The third kappa shape index (κ3) is 2.42. The lowest BCUT2D eigenvalue weighted by Gasteiger charge is -2.31. The second kappa shape index (κ2) is 5.91. The molecule has 4 aromatic rings. The van der Waals surface area contributed by atoms with Gasteiger partial charge in [0.2, 0.25) is 0 Å². The second-order valence-electron chi connectivity index (χ2n) is 6.44. The van der Waals surface area contributed by atoms with Crippen molar-refractivity contribution in [2.75, 3.05) is 18.6 Å². The van der Waals surface area contributed by atoms with Crippen molar-refractivity contribution >= 4 is 17.1 Å². The molecule has 1 aliphatic rings. The molecule has 130 valence electrons. The quantitative estimate of drug-likeness (QED) is 0.612. The summed E-state index contributed by atoms with van der Waals surface area (Å²) in [6.07, 6.45) is 1.76. The van der Waals surface area contributed by atoms with Gasteiger partial charge in [-0.1, -0.05) is 24.3 Å². The number of aromatic nitrogens is 3. The lowest BCUT2D eigenvalue weighted by atomic mass is 9.91. The minimum Gasteiger partial charge on any atom is -0.497 e. The van der Waals surface area contributed by atoms with Crippen molar-refractivity contribution in [1.29, 1.82) is 0 Å². The van der Waals surface area contributed by atoms with Crippen molar-refractivity contribution in [3.8, 4) is 5.75 Å². The van der Waals surface area contributed by atoms with Crippen LogP contribution in [0, 0.1) is 0 Å². The van der Waals surface area contributed by atoms with Gasteiger partial charge in [-0.2, -0.15) is 4.98 Å². The molecule has 0 bridgehead atoms. The van der Waals surface area contributed by atoms with E-state index in [4.69, 9.17) is 9.15 Å². The van der Waals surface area contributed by atoms with Crippen LogP contribution in [0.3, 0.4) is 0 Å². The molecule has 0 spiro atoms. The van der Waals surface area contributed by atoms with E-state index < -0.39 is 0 Å². The molecule has 0 radical (unpaired) electrons. The maximum absolute atomic E-state index is 5.98. The van der Waals surface area contributed by atoms with E-state index in [0.29, 0.717) is 12.6 Å². The summed E-state index contributed by atoms with van der Waals surface area (Å²) in [6.45, 7) is 1.44. The largest absolute Gasteiger partial charge is 0.497 e. The first-order valence-electron chi connectivity index (χ1n) is 8.58. The number of H-pyrrole nitrogens is 1. The minimum absolute atomic E-state index is 0.120. The van der Waals surface area contributed by atoms with Gasteiger partial charge < -0.3 is 19.0 Å². The molecular weight excluding hydrogens is 328 g/mol. The number of nitrogens with zero attached hydrogens (tertiary/aromatic N) is 3. The second-order valence-corrected chi connectivity index (χ2v) is 6.44. The maximum atomic E-state index is 5.98. The molecule has 0 fully saturated rings. The Morgan fingerprint density at radius 1 is 1.19 bits per heavy atom. The van der Waals surface area contributed by atoms with Gasteiger partial charge in [-0.05, 0) is 29.8 Å². The van der Waals surface area contributed by atoms with E-state index in [9.17, 15) is 0 Å². The Morgan fingerprint density at radius 2 is 2.12 bits per heavy atom. The number of nitrogens with one attached hydrogen (secondary N) is 1. The van der Waals surface area contributed by atoms with E-state index in [0.717, 1.165) is 34.8 Å². The number of fused-ring (bicyclic) bond motifs is 2. The molecule has 2 aromatic carbocycles. The number of hydrogen-bond donors (Lipinski definition) is 1. The predicted molar refractivity (Wildman–Crippen MR) is 98.5 cm³/mol. The van der Waals surface area contributed by atoms with Crippen LogP contribution >= 0.6 is 0 Å². The predicted octanol–water partition coefficient (Wildman–Crippen LogP) is 3.71. The van der Waals surface area contributed by atoms with Crippen molar-refractivity contribution < 1.29 is 9.15 Å². The standard InChI is InChI=1S/C20H18N4O2/c1-25-14-6-4-5-13(9-14)15-10-24(11-17-19(15)22-12-21-17)20-23-16-7-2-3-8-18(16)26-20/h2-9,12,15H,10-11H2,1H3,(H,21,22). The van der Waals surface area contributed by atoms with E-state index in [1.807, 2.05) is 36.4 Å². The van der Waals surface area contributed by atoms with Gasteiger partial charge >= 0.3 is 0 Å². The lowest BCUT2D eigenvalue weighted by Crippen LogP contribution is -2.34. The summed E-state index contributed by atoms with van der Waals surface area (Å²) < 4.78 is 11.4. The van der Waals surface area contributed by atoms with Crippen molar-refractivity contribution in [2.24, 2.45) is 0 Å². The third-order valence-corrected chi connectivity index (χ3v) is 4.88. The molecule has 2 aromatic heterocycles. The highest BCUT2D eigenvalue weighted by Gasteiger charge is 2.31. The van der Waals surface area contributed by atoms with Crippen LogP contribution in [0.1, 0.15) is 22.9 Å². The molecule has 5 rings (SSSR count). The molecule has 1 N–H and O–H groups in total. The Morgan fingerprint density at radius 3 is 3.00 bits per heavy atom. The van der Waals surface area contributed by atoms with E-state index in [-0.39, 0.29) is 5.92 Å². The zero-order chi connectivity index (χ0) is 17.5. The first-order chi connectivity index (χ1) is 12.8. The topological polar surface area (TPSA) is 67.2 Å². The zero-order valence-corrected chi connectivity index (χ0v) is 14.3. The van der Waals surface area contributed by atoms with Crippen molar-refractivity contribution in [3.05, 3.63) is 71.8 Å². The molecule has 0 saturated carbocycles. The van der Waals surface area contributed by atoms with Gasteiger partial charge in [-0.15, -0.1) is 0 Å². The number of anilines is 1. The summed E-state index contributed by atoms with van der Waals surface area (Å²) >= 11 is 0. The summed E-state index contributed by atoms with van der Waals surface area (Å²) in [7, 11) is 1.69. The smallest absolute Gasteiger partial charge is 0.298 e. The first kappa shape index (κ1) is 15.0. The summed E-state index contributed by atoms with van der Waals surface area (Å²) in [5, 5.41) is 0. The number of methoxy groups -OCH3 is 1. The molecule has 0 saturated heterocycles. The number of oxazole rings is 1. The summed E-state index contributed by atoms with van der Waals surface area (Å²) in [4.78, 5) is 14.6. The summed E-state index contributed by atoms with van der Waals surface area (Å²) in [5.74, 6) is 0.966. The number of imidazole rings is 1. The van der Waals surface area contributed by atoms with Gasteiger partial charge in [-0.25, -0.2) is 4.98 Å². The Kier molecular flexibility index (Phi) is 3.41. The monoisotopic (exact) mass is 346 g/mol. The maximum Gasteiger partial charge on any atom is 0.298 e. The van der Waals surface area contributed by atoms with Crippen molar-refractivity contribution in [3.63, 3.8) is 0 Å². The highest BCUT2D eigenvalue weighted by molar-refractivity contribution is 5.74. The molecule has 26 heavy (non-hydrogen) atoms. The zero-order valence-electron chi connectivity index (χ0n) is 14.3. The van der Waals surface area contributed by atoms with E-state index in [1.54, 1.807) is 13.4 Å². The minimum atomic E-state index is 0.120. The third-order valence-electron chi connectivity index (χ3n) is 4.88. The van der Waals surface area contributed by atoms with Crippen LogP contribution in [0.4, 0.5) is 6.01 Å². The van der Waals surface area contributed by atoms with E-state index in [2.05, 4.69) is 32.0 Å². The first-order valence-corrected chi connectivity index (χ1v) is 8.58. The normalized spacial score (nSPS) is 16.7. The lowest BCUT2D eigenvalue weighted by molar-refractivity contribution is 0.414. The van der Waals surface area contributed by atoms with Crippen LogP contribution in [-0.2, 0) is 6.54 Å². The SMILES string of the molecule is COc1cccc(C2CN(c3nc4ccccc4o3)Cc3[nH]cnc32)c1. The highest BCUT2D eigenvalue weighted by Crippen LogP contribution is 2.35. The average Bonchev–Trinajstić information content (AvgIpc) is 3.33.